The smallest absolute Gasteiger partial charge is 0.258 e. The fourth-order valence-corrected chi connectivity index (χ4v) is 2.25. The van der Waals surface area contributed by atoms with Crippen LogP contribution in [0.15, 0.2) is 42.5 Å². The molecule has 0 atom stereocenters. The van der Waals surface area contributed by atoms with Crippen LogP contribution in [0.5, 0.6) is 11.5 Å². The van der Waals surface area contributed by atoms with Gasteiger partial charge in [0.2, 0.25) is 0 Å². The SMILES string of the molecule is COc1ccc(N(C)C(=O)c2ccc(N(C)C)cc2)cc1OC. The lowest BCUT2D eigenvalue weighted by molar-refractivity contribution is 0.0993. The highest BCUT2D eigenvalue weighted by Crippen LogP contribution is 2.31. The lowest BCUT2D eigenvalue weighted by Crippen LogP contribution is -2.26. The number of methoxy groups -OCH3 is 2. The van der Waals surface area contributed by atoms with E-state index in [1.54, 1.807) is 38.3 Å². The third kappa shape index (κ3) is 3.56. The van der Waals surface area contributed by atoms with Gasteiger partial charge in [0.15, 0.2) is 11.5 Å². The van der Waals surface area contributed by atoms with Gasteiger partial charge in [0.1, 0.15) is 0 Å². The molecule has 0 saturated heterocycles. The maximum Gasteiger partial charge on any atom is 0.258 e. The van der Waals surface area contributed by atoms with Crippen LogP contribution in [-0.2, 0) is 0 Å². The summed E-state index contributed by atoms with van der Waals surface area (Å²) in [4.78, 5) is 16.2. The van der Waals surface area contributed by atoms with Crippen LogP contribution in [0.4, 0.5) is 11.4 Å². The highest BCUT2D eigenvalue weighted by molar-refractivity contribution is 6.06. The second-order valence-corrected chi connectivity index (χ2v) is 5.34. The largest absolute Gasteiger partial charge is 0.493 e. The zero-order valence-corrected chi connectivity index (χ0v) is 14.2. The van der Waals surface area contributed by atoms with Crippen molar-refractivity contribution < 1.29 is 14.3 Å². The summed E-state index contributed by atoms with van der Waals surface area (Å²) >= 11 is 0. The first-order valence-corrected chi connectivity index (χ1v) is 7.25. The molecule has 2 rings (SSSR count). The third-order valence-corrected chi connectivity index (χ3v) is 3.69. The van der Waals surface area contributed by atoms with Gasteiger partial charge in [-0.2, -0.15) is 0 Å². The summed E-state index contributed by atoms with van der Waals surface area (Å²) in [5, 5.41) is 0. The molecule has 23 heavy (non-hydrogen) atoms. The minimum absolute atomic E-state index is 0.0810. The van der Waals surface area contributed by atoms with E-state index in [4.69, 9.17) is 9.47 Å². The van der Waals surface area contributed by atoms with Crippen molar-refractivity contribution in [2.75, 3.05) is 45.2 Å². The fourth-order valence-electron chi connectivity index (χ4n) is 2.25. The maximum absolute atomic E-state index is 12.6. The Morgan fingerprint density at radius 3 is 1.91 bits per heavy atom. The molecule has 0 heterocycles. The molecule has 0 radical (unpaired) electrons. The summed E-state index contributed by atoms with van der Waals surface area (Å²) in [6.07, 6.45) is 0. The van der Waals surface area contributed by atoms with Crippen LogP contribution in [0.2, 0.25) is 0 Å². The summed E-state index contributed by atoms with van der Waals surface area (Å²) in [5.74, 6) is 1.14. The van der Waals surface area contributed by atoms with Gasteiger partial charge < -0.3 is 19.3 Å². The lowest BCUT2D eigenvalue weighted by Gasteiger charge is -2.20. The Morgan fingerprint density at radius 1 is 0.826 bits per heavy atom. The van der Waals surface area contributed by atoms with Crippen LogP contribution < -0.4 is 19.3 Å². The zero-order valence-electron chi connectivity index (χ0n) is 14.2. The summed E-state index contributed by atoms with van der Waals surface area (Å²) in [6.45, 7) is 0. The quantitative estimate of drug-likeness (QED) is 0.850. The highest BCUT2D eigenvalue weighted by Gasteiger charge is 2.15. The van der Waals surface area contributed by atoms with E-state index in [0.29, 0.717) is 17.1 Å². The van der Waals surface area contributed by atoms with Crippen molar-refractivity contribution in [2.45, 2.75) is 0 Å². The Balaban J connectivity index is 2.25. The molecule has 5 nitrogen and oxygen atoms in total. The minimum atomic E-state index is -0.0810. The number of hydrogen-bond acceptors (Lipinski definition) is 4. The van der Waals surface area contributed by atoms with Crippen LogP contribution in [0.3, 0.4) is 0 Å². The molecule has 0 unspecified atom stereocenters. The number of amides is 1. The first-order valence-electron chi connectivity index (χ1n) is 7.25. The van der Waals surface area contributed by atoms with E-state index in [0.717, 1.165) is 11.4 Å². The van der Waals surface area contributed by atoms with E-state index in [2.05, 4.69) is 0 Å². The number of hydrogen-bond donors (Lipinski definition) is 0. The molecule has 0 saturated carbocycles. The van der Waals surface area contributed by atoms with E-state index in [9.17, 15) is 4.79 Å². The van der Waals surface area contributed by atoms with Crippen molar-refractivity contribution in [1.29, 1.82) is 0 Å². The van der Waals surface area contributed by atoms with E-state index in [-0.39, 0.29) is 5.91 Å². The zero-order chi connectivity index (χ0) is 17.0. The van der Waals surface area contributed by atoms with Gasteiger partial charge in [0, 0.05) is 44.1 Å². The number of benzene rings is 2. The molecule has 122 valence electrons. The number of rotatable bonds is 5. The van der Waals surface area contributed by atoms with Crippen LogP contribution in [0.1, 0.15) is 10.4 Å². The van der Waals surface area contributed by atoms with Crippen molar-refractivity contribution in [1.82, 2.24) is 0 Å². The molecule has 0 aliphatic heterocycles. The maximum atomic E-state index is 12.6. The van der Waals surface area contributed by atoms with Gasteiger partial charge in [0.25, 0.3) is 5.91 Å². The van der Waals surface area contributed by atoms with Crippen molar-refractivity contribution in [3.05, 3.63) is 48.0 Å². The van der Waals surface area contributed by atoms with Crippen molar-refractivity contribution in [3.8, 4) is 11.5 Å². The number of ether oxygens (including phenoxy) is 2. The molecule has 5 heteroatoms. The molecule has 0 aliphatic carbocycles. The number of carbonyl (C=O) groups excluding carboxylic acids is 1. The number of nitrogens with zero attached hydrogens (tertiary/aromatic N) is 2. The van der Waals surface area contributed by atoms with Crippen LogP contribution in [-0.4, -0.2) is 41.3 Å². The van der Waals surface area contributed by atoms with Crippen LogP contribution >= 0.6 is 0 Å². The summed E-state index contributed by atoms with van der Waals surface area (Å²) in [5.41, 5.74) is 2.42. The van der Waals surface area contributed by atoms with Gasteiger partial charge >= 0.3 is 0 Å². The first kappa shape index (κ1) is 16.7. The van der Waals surface area contributed by atoms with Crippen LogP contribution in [0, 0.1) is 0 Å². The number of carbonyl (C=O) groups is 1. The van der Waals surface area contributed by atoms with Gasteiger partial charge in [-0.25, -0.2) is 0 Å². The second kappa shape index (κ2) is 7.05. The molecule has 0 spiro atoms. The predicted octanol–water partition coefficient (Wildman–Crippen LogP) is 3.05. The Labute approximate surface area is 137 Å². The van der Waals surface area contributed by atoms with E-state index >= 15 is 0 Å². The van der Waals surface area contributed by atoms with Crippen LogP contribution in [0.25, 0.3) is 0 Å². The van der Waals surface area contributed by atoms with E-state index < -0.39 is 0 Å². The average molecular weight is 314 g/mol. The molecule has 2 aromatic carbocycles. The van der Waals surface area contributed by atoms with Gasteiger partial charge in [-0.15, -0.1) is 0 Å². The fraction of sp³-hybridized carbons (Fsp3) is 0.278. The number of anilines is 2. The highest BCUT2D eigenvalue weighted by atomic mass is 16.5. The van der Waals surface area contributed by atoms with Gasteiger partial charge in [0.05, 0.1) is 14.2 Å². The van der Waals surface area contributed by atoms with E-state index in [1.807, 2.05) is 49.3 Å². The van der Waals surface area contributed by atoms with Gasteiger partial charge in [-0.1, -0.05) is 0 Å². The second-order valence-electron chi connectivity index (χ2n) is 5.34. The molecular weight excluding hydrogens is 292 g/mol. The Hall–Kier alpha value is -2.69. The third-order valence-electron chi connectivity index (χ3n) is 3.69. The lowest BCUT2D eigenvalue weighted by atomic mass is 10.1. The first-order chi connectivity index (χ1) is 11.0. The molecule has 2 aromatic rings. The average Bonchev–Trinajstić information content (AvgIpc) is 2.59. The van der Waals surface area contributed by atoms with E-state index in [1.165, 1.54) is 0 Å². The molecule has 0 fully saturated rings. The molecule has 0 aromatic heterocycles. The topological polar surface area (TPSA) is 42.0 Å². The summed E-state index contributed by atoms with van der Waals surface area (Å²) in [6, 6.07) is 12.9. The predicted molar refractivity (Wildman–Crippen MR) is 93.0 cm³/mol. The van der Waals surface area contributed by atoms with Gasteiger partial charge in [-0.05, 0) is 36.4 Å². The molecule has 0 N–H and O–H groups in total. The standard InChI is InChI=1S/C18H22N2O3/c1-19(2)14-8-6-13(7-9-14)18(21)20(3)15-10-11-16(22-4)17(12-15)23-5/h6-12H,1-5H3. The molecule has 0 aliphatic rings. The monoisotopic (exact) mass is 314 g/mol. The van der Waals surface area contributed by atoms with Gasteiger partial charge in [-0.3, -0.25) is 4.79 Å². The summed E-state index contributed by atoms with van der Waals surface area (Å²) in [7, 11) is 8.82. The molecular formula is C18H22N2O3. The Morgan fingerprint density at radius 2 is 1.39 bits per heavy atom. The normalized spacial score (nSPS) is 10.1. The van der Waals surface area contributed by atoms with Crippen molar-refractivity contribution in [3.63, 3.8) is 0 Å². The Kier molecular flexibility index (Phi) is 5.11. The molecule has 0 bridgehead atoms. The minimum Gasteiger partial charge on any atom is -0.493 e. The Bertz CT molecular complexity index is 681. The van der Waals surface area contributed by atoms with Crippen molar-refractivity contribution >= 4 is 17.3 Å². The summed E-state index contributed by atoms with van der Waals surface area (Å²) < 4.78 is 10.5. The molecule has 1 amide bonds. The van der Waals surface area contributed by atoms with Crippen molar-refractivity contribution in [2.24, 2.45) is 0 Å².